The third-order valence-electron chi connectivity index (χ3n) is 3.39. The van der Waals surface area contributed by atoms with E-state index in [1.54, 1.807) is 0 Å². The molecule has 1 N–H and O–H groups in total. The molecule has 1 aromatic carbocycles. The topological polar surface area (TPSA) is 62.6 Å². The van der Waals surface area contributed by atoms with Gasteiger partial charge in [0.1, 0.15) is 5.57 Å². The summed E-state index contributed by atoms with van der Waals surface area (Å²) < 4.78 is 43.5. The molecule has 5 nitrogen and oxygen atoms in total. The Balaban J connectivity index is 2.03. The number of alkyl halides is 3. The minimum Gasteiger partial charge on any atom is -0.472 e. The molecule has 2 heterocycles. The second-order valence-electron chi connectivity index (χ2n) is 5.06. The summed E-state index contributed by atoms with van der Waals surface area (Å²) >= 11 is 4.95. The molecule has 1 aliphatic heterocycles. The number of benzene rings is 1. The molecule has 1 aliphatic rings. The fourth-order valence-electron chi connectivity index (χ4n) is 2.24. The largest absolute Gasteiger partial charge is 0.472 e. The molecule has 0 bridgehead atoms. The van der Waals surface area contributed by atoms with E-state index in [4.69, 9.17) is 16.6 Å². The Kier molecular flexibility index (Phi) is 4.17. The normalized spacial score (nSPS) is 17.2. The average Bonchev–Trinajstić information content (AvgIpc) is 3.04. The summed E-state index contributed by atoms with van der Waals surface area (Å²) in [5.41, 5.74) is -0.844. The Bertz CT molecular complexity index is 888. The maximum absolute atomic E-state index is 12.9. The first kappa shape index (κ1) is 16.9. The number of anilines is 1. The van der Waals surface area contributed by atoms with E-state index in [1.807, 2.05) is 0 Å². The van der Waals surface area contributed by atoms with Crippen molar-refractivity contribution >= 4 is 40.9 Å². The molecule has 128 valence electrons. The molecule has 2 aromatic rings. The molecular weight excluding hydrogens is 357 g/mol. The fourth-order valence-corrected chi connectivity index (χ4v) is 2.52. The highest BCUT2D eigenvalue weighted by Crippen LogP contribution is 2.32. The van der Waals surface area contributed by atoms with Crippen LogP contribution in [-0.2, 0) is 15.8 Å². The van der Waals surface area contributed by atoms with Gasteiger partial charge in [-0.15, -0.1) is 0 Å². The number of carbonyl (C=O) groups excluding carboxylic acids is 2. The molecule has 0 unspecified atom stereocenters. The first-order valence-electron chi connectivity index (χ1n) is 6.88. The fraction of sp³-hybridized carbons (Fsp3) is 0.0625. The summed E-state index contributed by atoms with van der Waals surface area (Å²) in [5.74, 6) is -1.56. The van der Waals surface area contributed by atoms with Gasteiger partial charge in [0.05, 0.1) is 23.8 Å². The first-order chi connectivity index (χ1) is 11.8. The van der Waals surface area contributed by atoms with Crippen LogP contribution in [0.25, 0.3) is 6.08 Å². The van der Waals surface area contributed by atoms with Crippen molar-refractivity contribution in [1.29, 1.82) is 0 Å². The number of carbonyl (C=O) groups is 2. The second kappa shape index (κ2) is 6.17. The van der Waals surface area contributed by atoms with Gasteiger partial charge in [0, 0.05) is 5.56 Å². The molecule has 25 heavy (non-hydrogen) atoms. The predicted octanol–water partition coefficient (Wildman–Crippen LogP) is 3.13. The van der Waals surface area contributed by atoms with E-state index in [-0.39, 0.29) is 16.4 Å². The van der Waals surface area contributed by atoms with Crippen LogP contribution in [0.3, 0.4) is 0 Å². The van der Waals surface area contributed by atoms with Gasteiger partial charge in [0.15, 0.2) is 5.11 Å². The summed E-state index contributed by atoms with van der Waals surface area (Å²) in [5, 5.41) is 2.00. The summed E-state index contributed by atoms with van der Waals surface area (Å²) in [4.78, 5) is 25.5. The van der Waals surface area contributed by atoms with E-state index in [2.05, 4.69) is 5.32 Å². The lowest BCUT2D eigenvalue weighted by molar-refractivity contribution is -0.137. The van der Waals surface area contributed by atoms with E-state index in [0.717, 1.165) is 23.1 Å². The molecule has 0 spiro atoms. The van der Waals surface area contributed by atoms with Crippen molar-refractivity contribution in [2.75, 3.05) is 4.90 Å². The Morgan fingerprint density at radius 2 is 1.96 bits per heavy atom. The molecule has 0 aliphatic carbocycles. The highest BCUT2D eigenvalue weighted by atomic mass is 32.1. The van der Waals surface area contributed by atoms with Crippen molar-refractivity contribution in [2.24, 2.45) is 0 Å². The van der Waals surface area contributed by atoms with Crippen LogP contribution in [-0.4, -0.2) is 16.9 Å². The summed E-state index contributed by atoms with van der Waals surface area (Å²) in [6, 6.07) is 5.64. The monoisotopic (exact) mass is 366 g/mol. The van der Waals surface area contributed by atoms with Crippen molar-refractivity contribution in [3.05, 3.63) is 59.6 Å². The van der Waals surface area contributed by atoms with Gasteiger partial charge >= 0.3 is 6.18 Å². The Morgan fingerprint density at radius 3 is 2.60 bits per heavy atom. The molecule has 9 heteroatoms. The molecule has 2 amide bonds. The Morgan fingerprint density at radius 1 is 1.20 bits per heavy atom. The molecule has 1 fully saturated rings. The Hall–Kier alpha value is -2.94. The van der Waals surface area contributed by atoms with Crippen LogP contribution in [0, 0.1) is 0 Å². The lowest BCUT2D eigenvalue weighted by Gasteiger charge is -2.29. The average molecular weight is 366 g/mol. The van der Waals surface area contributed by atoms with Crippen molar-refractivity contribution in [3.63, 3.8) is 0 Å². The van der Waals surface area contributed by atoms with Crippen molar-refractivity contribution in [3.8, 4) is 0 Å². The van der Waals surface area contributed by atoms with E-state index in [0.29, 0.717) is 5.56 Å². The smallest absolute Gasteiger partial charge is 0.416 e. The number of nitrogens with zero attached hydrogens (tertiary/aromatic N) is 1. The lowest BCUT2D eigenvalue weighted by atomic mass is 10.1. The van der Waals surface area contributed by atoms with Crippen LogP contribution in [0.1, 0.15) is 11.1 Å². The molecule has 1 aromatic heterocycles. The summed E-state index contributed by atoms with van der Waals surface area (Å²) in [6.07, 6.45) is -0.638. The summed E-state index contributed by atoms with van der Waals surface area (Å²) in [7, 11) is 0. The van der Waals surface area contributed by atoms with Crippen LogP contribution < -0.4 is 10.2 Å². The molecule has 0 saturated carbocycles. The zero-order valence-corrected chi connectivity index (χ0v) is 13.1. The minimum atomic E-state index is -4.57. The van der Waals surface area contributed by atoms with Crippen LogP contribution in [0.2, 0.25) is 0 Å². The number of halogens is 3. The quantitative estimate of drug-likeness (QED) is 0.504. The maximum atomic E-state index is 12.9. The molecular formula is C16H9F3N2O3S. The number of hydrogen-bond acceptors (Lipinski definition) is 4. The third-order valence-corrected chi connectivity index (χ3v) is 3.67. The van der Waals surface area contributed by atoms with E-state index in [1.165, 1.54) is 30.7 Å². The second-order valence-corrected chi connectivity index (χ2v) is 5.45. The standard InChI is InChI=1S/C16H9F3N2O3S/c17-16(18,19)10-2-1-3-11(7-10)21-14(23)12(13(22)20-15(21)25)6-9-4-5-24-8-9/h1-8H,(H,20,22,25)/b12-6+. The Labute approximate surface area is 144 Å². The van der Waals surface area contributed by atoms with Crippen molar-refractivity contribution in [2.45, 2.75) is 6.18 Å². The van der Waals surface area contributed by atoms with Crippen molar-refractivity contribution in [1.82, 2.24) is 5.32 Å². The van der Waals surface area contributed by atoms with Crippen molar-refractivity contribution < 1.29 is 27.2 Å². The summed E-state index contributed by atoms with van der Waals surface area (Å²) in [6.45, 7) is 0. The van der Waals surface area contributed by atoms with Crippen LogP contribution in [0.5, 0.6) is 0 Å². The first-order valence-corrected chi connectivity index (χ1v) is 7.29. The van der Waals surface area contributed by atoms with Gasteiger partial charge in [-0.1, -0.05) is 6.07 Å². The number of furan rings is 1. The number of amides is 2. The van der Waals surface area contributed by atoms with Gasteiger partial charge in [-0.2, -0.15) is 13.2 Å². The number of hydrogen-bond donors (Lipinski definition) is 1. The van der Waals surface area contributed by atoms with Gasteiger partial charge in [-0.05, 0) is 42.6 Å². The van der Waals surface area contributed by atoms with E-state index < -0.39 is 23.6 Å². The number of thiocarbonyl (C=S) groups is 1. The van der Waals surface area contributed by atoms with Gasteiger partial charge in [0.2, 0.25) is 0 Å². The van der Waals surface area contributed by atoms with E-state index >= 15 is 0 Å². The van der Waals surface area contributed by atoms with E-state index in [9.17, 15) is 22.8 Å². The molecule has 0 radical (unpaired) electrons. The lowest BCUT2D eigenvalue weighted by Crippen LogP contribution is -2.54. The van der Waals surface area contributed by atoms with Crippen LogP contribution in [0.15, 0.2) is 52.8 Å². The molecule has 0 atom stereocenters. The third kappa shape index (κ3) is 3.31. The number of nitrogens with one attached hydrogen (secondary N) is 1. The minimum absolute atomic E-state index is 0.0945. The zero-order valence-electron chi connectivity index (χ0n) is 12.3. The predicted molar refractivity (Wildman–Crippen MR) is 86.4 cm³/mol. The van der Waals surface area contributed by atoms with Gasteiger partial charge < -0.3 is 4.42 Å². The zero-order chi connectivity index (χ0) is 18.2. The SMILES string of the molecule is O=C1NC(=S)N(c2cccc(C(F)(F)F)c2)C(=O)/C1=C/c1ccoc1. The molecule has 1 saturated heterocycles. The highest BCUT2D eigenvalue weighted by Gasteiger charge is 2.36. The number of rotatable bonds is 2. The van der Waals surface area contributed by atoms with Gasteiger partial charge in [0.25, 0.3) is 11.8 Å². The highest BCUT2D eigenvalue weighted by molar-refractivity contribution is 7.80. The molecule has 3 rings (SSSR count). The van der Waals surface area contributed by atoms with Gasteiger partial charge in [-0.3, -0.25) is 19.8 Å². The van der Waals surface area contributed by atoms with Gasteiger partial charge in [-0.25, -0.2) is 0 Å². The van der Waals surface area contributed by atoms with Crippen LogP contribution >= 0.6 is 12.2 Å². The van der Waals surface area contributed by atoms with Crippen LogP contribution in [0.4, 0.5) is 18.9 Å². The maximum Gasteiger partial charge on any atom is 0.416 e.